The van der Waals surface area contributed by atoms with Gasteiger partial charge in [-0.3, -0.25) is 0 Å². The van der Waals surface area contributed by atoms with E-state index >= 15 is 0 Å². The molecule has 0 radical (unpaired) electrons. The van der Waals surface area contributed by atoms with Crippen LogP contribution in [0.15, 0.2) is 35.8 Å². The molecule has 1 aromatic heterocycles. The van der Waals surface area contributed by atoms with Gasteiger partial charge in [-0.2, -0.15) is 21.6 Å². The zero-order chi connectivity index (χ0) is 19.4. The minimum absolute atomic E-state index is 0.103. The number of hydrogen-bond acceptors (Lipinski definition) is 5. The quantitative estimate of drug-likeness (QED) is 0.332. The van der Waals surface area contributed by atoms with E-state index in [9.17, 15) is 26.0 Å². The molecule has 1 saturated carbocycles. The van der Waals surface area contributed by atoms with Gasteiger partial charge in [-0.1, -0.05) is 12.1 Å². The zero-order valence-corrected chi connectivity index (χ0v) is 15.1. The van der Waals surface area contributed by atoms with Crippen molar-refractivity contribution in [3.8, 4) is 16.9 Å². The lowest BCUT2D eigenvalue weighted by Gasteiger charge is -2.17. The van der Waals surface area contributed by atoms with E-state index in [-0.39, 0.29) is 17.2 Å². The van der Waals surface area contributed by atoms with E-state index < -0.39 is 21.4 Å². The summed E-state index contributed by atoms with van der Waals surface area (Å²) in [6.07, 6.45) is 1.42. The van der Waals surface area contributed by atoms with Crippen LogP contribution in [0.5, 0.6) is 5.75 Å². The Kier molecular flexibility index (Phi) is 4.15. The first-order valence-corrected chi connectivity index (χ1v) is 10.1. The molecule has 1 aliphatic rings. The molecule has 0 unspecified atom stereocenters. The Morgan fingerprint density at radius 2 is 1.81 bits per heavy atom. The van der Waals surface area contributed by atoms with E-state index in [1.165, 1.54) is 17.6 Å². The van der Waals surface area contributed by atoms with Crippen molar-refractivity contribution >= 4 is 31.7 Å². The molecule has 0 saturated heterocycles. The van der Waals surface area contributed by atoms with Gasteiger partial charge in [-0.25, -0.2) is 9.37 Å². The van der Waals surface area contributed by atoms with Crippen LogP contribution >= 0.6 is 11.3 Å². The number of benzene rings is 2. The standard InChI is InChI=1S/C17H11F4NO3S2/c18-11-5-3-10(4-6-11)14-15(25-27(23,24)17(19,20)21)12(9-1-2-9)7-13-16(14)26-8-22-13/h3-9H,1-2H2. The maximum absolute atomic E-state index is 13.3. The van der Waals surface area contributed by atoms with Gasteiger partial charge in [0.1, 0.15) is 5.82 Å². The maximum atomic E-state index is 13.3. The summed E-state index contributed by atoms with van der Waals surface area (Å²) in [7, 11) is -5.86. The van der Waals surface area contributed by atoms with E-state index in [4.69, 9.17) is 0 Å². The van der Waals surface area contributed by atoms with E-state index in [0.29, 0.717) is 34.2 Å². The Labute approximate surface area is 155 Å². The molecule has 4 nitrogen and oxygen atoms in total. The molecule has 10 heteroatoms. The van der Waals surface area contributed by atoms with Crippen LogP contribution in [0.2, 0.25) is 0 Å². The third-order valence-corrected chi connectivity index (χ3v) is 6.04. The lowest BCUT2D eigenvalue weighted by Crippen LogP contribution is -2.28. The summed E-state index contributed by atoms with van der Waals surface area (Å²) in [5.41, 5.74) is -2.64. The first-order chi connectivity index (χ1) is 12.7. The van der Waals surface area contributed by atoms with Crippen molar-refractivity contribution < 1.29 is 30.2 Å². The summed E-state index contributed by atoms with van der Waals surface area (Å²) in [4.78, 5) is 4.20. The highest BCUT2D eigenvalue weighted by atomic mass is 32.2. The maximum Gasteiger partial charge on any atom is 0.534 e. The zero-order valence-electron chi connectivity index (χ0n) is 13.5. The van der Waals surface area contributed by atoms with Gasteiger partial charge in [0.05, 0.1) is 15.7 Å². The smallest absolute Gasteiger partial charge is 0.375 e. The van der Waals surface area contributed by atoms with Crippen LogP contribution in [-0.4, -0.2) is 18.9 Å². The van der Waals surface area contributed by atoms with Crippen molar-refractivity contribution in [1.82, 2.24) is 4.98 Å². The molecule has 2 aromatic carbocycles. The average Bonchev–Trinajstić information content (AvgIpc) is 3.32. The molecule has 0 spiro atoms. The third kappa shape index (κ3) is 3.27. The molecule has 0 bridgehead atoms. The van der Waals surface area contributed by atoms with Crippen molar-refractivity contribution in [2.75, 3.05) is 0 Å². The molecule has 3 aromatic rings. The number of halogens is 4. The van der Waals surface area contributed by atoms with Gasteiger partial charge in [0.2, 0.25) is 0 Å². The van der Waals surface area contributed by atoms with Crippen molar-refractivity contribution in [3.63, 3.8) is 0 Å². The molecule has 0 aliphatic heterocycles. The molecule has 142 valence electrons. The van der Waals surface area contributed by atoms with Gasteiger partial charge in [0.15, 0.2) is 5.75 Å². The summed E-state index contributed by atoms with van der Waals surface area (Å²) in [6, 6.07) is 6.60. The number of nitrogens with zero attached hydrogens (tertiary/aromatic N) is 1. The van der Waals surface area contributed by atoms with Gasteiger partial charge >= 0.3 is 15.6 Å². The van der Waals surface area contributed by atoms with Crippen molar-refractivity contribution in [2.45, 2.75) is 24.3 Å². The molecule has 0 atom stereocenters. The van der Waals surface area contributed by atoms with E-state index in [1.54, 1.807) is 6.07 Å². The lowest BCUT2D eigenvalue weighted by atomic mass is 9.98. The van der Waals surface area contributed by atoms with Gasteiger partial charge in [0, 0.05) is 11.1 Å². The monoisotopic (exact) mass is 417 g/mol. The number of hydrogen-bond donors (Lipinski definition) is 0. The molecular formula is C17H11F4NO3S2. The van der Waals surface area contributed by atoms with Gasteiger partial charge in [0.25, 0.3) is 0 Å². The molecule has 1 aliphatic carbocycles. The predicted molar refractivity (Wildman–Crippen MR) is 92.6 cm³/mol. The van der Waals surface area contributed by atoms with Crippen molar-refractivity contribution in [2.24, 2.45) is 0 Å². The van der Waals surface area contributed by atoms with Crippen LogP contribution in [0.4, 0.5) is 17.6 Å². The topological polar surface area (TPSA) is 56.3 Å². The minimum atomic E-state index is -5.86. The Bertz CT molecular complexity index is 1120. The Hall–Kier alpha value is -2.20. The van der Waals surface area contributed by atoms with E-state index in [1.807, 2.05) is 0 Å². The molecule has 0 amide bonds. The molecule has 27 heavy (non-hydrogen) atoms. The highest BCUT2D eigenvalue weighted by Gasteiger charge is 2.49. The summed E-state index contributed by atoms with van der Waals surface area (Å²) in [5, 5.41) is 0. The minimum Gasteiger partial charge on any atom is -0.375 e. The van der Waals surface area contributed by atoms with Crippen LogP contribution in [-0.2, 0) is 10.1 Å². The summed E-state index contributed by atoms with van der Waals surface area (Å²) >= 11 is 1.14. The second kappa shape index (κ2) is 6.16. The third-order valence-electron chi connectivity index (χ3n) is 4.23. The van der Waals surface area contributed by atoms with Gasteiger partial charge in [-0.15, -0.1) is 11.3 Å². The van der Waals surface area contributed by atoms with E-state index in [0.717, 1.165) is 23.5 Å². The van der Waals surface area contributed by atoms with Crippen molar-refractivity contribution in [3.05, 3.63) is 47.2 Å². The molecular weight excluding hydrogens is 406 g/mol. The van der Waals surface area contributed by atoms with Gasteiger partial charge in [-0.05, 0) is 42.5 Å². The normalized spacial score (nSPS) is 15.3. The highest BCUT2D eigenvalue weighted by molar-refractivity contribution is 7.88. The van der Waals surface area contributed by atoms with Crippen LogP contribution in [0.25, 0.3) is 21.3 Å². The van der Waals surface area contributed by atoms with Crippen LogP contribution in [0, 0.1) is 5.82 Å². The number of rotatable bonds is 4. The fourth-order valence-corrected chi connectivity index (χ4v) is 4.15. The van der Waals surface area contributed by atoms with Crippen LogP contribution in [0.3, 0.4) is 0 Å². The summed E-state index contributed by atoms with van der Waals surface area (Å²) in [5.74, 6) is -0.991. The number of thiazole rings is 1. The number of fused-ring (bicyclic) bond motifs is 1. The lowest BCUT2D eigenvalue weighted by molar-refractivity contribution is -0.0500. The summed E-state index contributed by atoms with van der Waals surface area (Å²) < 4.78 is 80.6. The molecule has 0 N–H and O–H groups in total. The summed E-state index contributed by atoms with van der Waals surface area (Å²) in [6.45, 7) is 0. The first-order valence-electron chi connectivity index (χ1n) is 7.84. The van der Waals surface area contributed by atoms with Crippen molar-refractivity contribution in [1.29, 1.82) is 0 Å². The van der Waals surface area contributed by atoms with E-state index in [2.05, 4.69) is 9.17 Å². The SMILES string of the molecule is O=S(=O)(Oc1c(C2CC2)cc2ncsc2c1-c1ccc(F)cc1)C(F)(F)F. The highest BCUT2D eigenvalue weighted by Crippen LogP contribution is 2.51. The predicted octanol–water partition coefficient (Wildman–Crippen LogP) is 5.21. The first kappa shape index (κ1) is 18.2. The van der Waals surface area contributed by atoms with Crippen LogP contribution in [0.1, 0.15) is 24.3 Å². The van der Waals surface area contributed by atoms with Gasteiger partial charge < -0.3 is 4.18 Å². The Morgan fingerprint density at radius 1 is 1.15 bits per heavy atom. The fourth-order valence-electron chi connectivity index (χ4n) is 2.83. The Morgan fingerprint density at radius 3 is 2.41 bits per heavy atom. The van der Waals surface area contributed by atoms with Crippen LogP contribution < -0.4 is 4.18 Å². The second-order valence-corrected chi connectivity index (χ2v) is 8.53. The molecule has 4 rings (SSSR count). The molecule has 1 fully saturated rings. The number of alkyl halides is 3. The second-order valence-electron chi connectivity index (χ2n) is 6.13. The number of aromatic nitrogens is 1. The average molecular weight is 417 g/mol. The molecule has 1 heterocycles. The Balaban J connectivity index is 2.01. The fraction of sp³-hybridized carbons (Fsp3) is 0.235. The largest absolute Gasteiger partial charge is 0.534 e.